The molecule has 0 aliphatic heterocycles. The molecule has 0 radical (unpaired) electrons. The van der Waals surface area contributed by atoms with Crippen LogP contribution in [0.4, 0.5) is 0 Å². The van der Waals surface area contributed by atoms with Crippen LogP contribution < -0.4 is 15.8 Å². The fourth-order valence-electron chi connectivity index (χ4n) is 2.76. The van der Waals surface area contributed by atoms with Crippen LogP contribution in [0.3, 0.4) is 0 Å². The topological polar surface area (TPSA) is 95.1 Å². The number of carbonyl (C=O) groups excluding carboxylic acids is 1. The standard InChI is InChI=1S/C19H29N5O2/c1-12(2)10-15(11-20)21-19(25)18-14(5)24(23-22-18)16-6-8-17(9-7-16)26-13(3)4/h6-9,12-13,15H,10-11,20H2,1-5H3,(H,21,25). The van der Waals surface area contributed by atoms with E-state index in [2.05, 4.69) is 29.5 Å². The first kappa shape index (κ1) is 19.9. The number of nitrogens with one attached hydrogen (secondary N) is 1. The van der Waals surface area contributed by atoms with Crippen molar-refractivity contribution in [2.45, 2.75) is 53.2 Å². The molecule has 0 bridgehead atoms. The zero-order chi connectivity index (χ0) is 19.3. The molecular formula is C19H29N5O2. The Hall–Kier alpha value is -2.41. The second kappa shape index (κ2) is 8.80. The quantitative estimate of drug-likeness (QED) is 0.755. The van der Waals surface area contributed by atoms with Gasteiger partial charge >= 0.3 is 0 Å². The van der Waals surface area contributed by atoms with Gasteiger partial charge in [0.1, 0.15) is 5.75 Å². The molecule has 1 atom stereocenters. The molecule has 1 unspecified atom stereocenters. The number of nitrogens with zero attached hydrogens (tertiary/aromatic N) is 3. The van der Waals surface area contributed by atoms with Crippen molar-refractivity contribution >= 4 is 5.91 Å². The minimum absolute atomic E-state index is 0.0699. The number of rotatable bonds is 8. The van der Waals surface area contributed by atoms with Crippen LogP contribution in [0.1, 0.15) is 50.3 Å². The Kier molecular flexibility index (Phi) is 6.74. The molecule has 0 fully saturated rings. The minimum atomic E-state index is -0.246. The van der Waals surface area contributed by atoms with Gasteiger partial charge in [-0.25, -0.2) is 4.68 Å². The van der Waals surface area contributed by atoms with Crippen LogP contribution in [0.25, 0.3) is 5.69 Å². The highest BCUT2D eigenvalue weighted by Gasteiger charge is 2.20. The van der Waals surface area contributed by atoms with Crippen LogP contribution >= 0.6 is 0 Å². The molecule has 0 saturated carbocycles. The van der Waals surface area contributed by atoms with Gasteiger partial charge in [0.2, 0.25) is 0 Å². The Balaban J connectivity index is 2.15. The van der Waals surface area contributed by atoms with Crippen LogP contribution in [-0.2, 0) is 0 Å². The summed E-state index contributed by atoms with van der Waals surface area (Å²) in [4.78, 5) is 12.5. The third kappa shape index (κ3) is 5.05. The van der Waals surface area contributed by atoms with Gasteiger partial charge in [0, 0.05) is 12.6 Å². The van der Waals surface area contributed by atoms with E-state index in [9.17, 15) is 4.79 Å². The van der Waals surface area contributed by atoms with Gasteiger partial charge in [0.25, 0.3) is 5.91 Å². The third-order valence-corrected chi connectivity index (χ3v) is 3.94. The fraction of sp³-hybridized carbons (Fsp3) is 0.526. The molecule has 3 N–H and O–H groups in total. The summed E-state index contributed by atoms with van der Waals surface area (Å²) in [5, 5.41) is 11.1. The number of aromatic nitrogens is 3. The average molecular weight is 359 g/mol. The number of nitrogens with two attached hydrogens (primary N) is 1. The predicted octanol–water partition coefficient (Wildman–Crippen LogP) is 2.47. The molecule has 1 aromatic heterocycles. The molecule has 7 nitrogen and oxygen atoms in total. The van der Waals surface area contributed by atoms with Crippen LogP contribution in [0.2, 0.25) is 0 Å². The highest BCUT2D eigenvalue weighted by molar-refractivity contribution is 5.93. The van der Waals surface area contributed by atoms with Crippen molar-refractivity contribution in [2.75, 3.05) is 6.54 Å². The first-order valence-electron chi connectivity index (χ1n) is 9.02. The van der Waals surface area contributed by atoms with E-state index in [1.165, 1.54) is 0 Å². The van der Waals surface area contributed by atoms with E-state index in [0.717, 1.165) is 17.9 Å². The zero-order valence-corrected chi connectivity index (χ0v) is 16.2. The Morgan fingerprint density at radius 2 is 1.88 bits per heavy atom. The van der Waals surface area contributed by atoms with Crippen molar-refractivity contribution in [1.29, 1.82) is 0 Å². The molecule has 26 heavy (non-hydrogen) atoms. The zero-order valence-electron chi connectivity index (χ0n) is 16.2. The Bertz CT molecular complexity index is 722. The average Bonchev–Trinajstić information content (AvgIpc) is 2.95. The molecular weight excluding hydrogens is 330 g/mol. The number of hydrogen-bond acceptors (Lipinski definition) is 5. The van der Waals surface area contributed by atoms with Crippen LogP contribution in [-0.4, -0.2) is 39.6 Å². The van der Waals surface area contributed by atoms with Gasteiger partial charge in [-0.1, -0.05) is 19.1 Å². The number of benzene rings is 1. The maximum Gasteiger partial charge on any atom is 0.274 e. The summed E-state index contributed by atoms with van der Waals surface area (Å²) in [6.45, 7) is 10.4. The largest absolute Gasteiger partial charge is 0.491 e. The summed E-state index contributed by atoms with van der Waals surface area (Å²) in [5.74, 6) is 0.996. The molecule has 2 rings (SSSR count). The van der Waals surface area contributed by atoms with Crippen molar-refractivity contribution in [3.05, 3.63) is 35.7 Å². The second-order valence-corrected chi connectivity index (χ2v) is 7.13. The summed E-state index contributed by atoms with van der Waals surface area (Å²) in [6, 6.07) is 7.47. The molecule has 142 valence electrons. The van der Waals surface area contributed by atoms with E-state index in [0.29, 0.717) is 23.9 Å². The van der Waals surface area contributed by atoms with Crippen molar-refractivity contribution < 1.29 is 9.53 Å². The maximum atomic E-state index is 12.5. The van der Waals surface area contributed by atoms with E-state index < -0.39 is 0 Å². The lowest BCUT2D eigenvalue weighted by Crippen LogP contribution is -2.41. The van der Waals surface area contributed by atoms with Gasteiger partial charge in [0.05, 0.1) is 17.5 Å². The third-order valence-electron chi connectivity index (χ3n) is 3.94. The Morgan fingerprint density at radius 1 is 1.23 bits per heavy atom. The predicted molar refractivity (Wildman–Crippen MR) is 102 cm³/mol. The van der Waals surface area contributed by atoms with E-state index >= 15 is 0 Å². The van der Waals surface area contributed by atoms with E-state index in [-0.39, 0.29) is 18.1 Å². The Morgan fingerprint density at radius 3 is 2.42 bits per heavy atom. The van der Waals surface area contributed by atoms with Gasteiger partial charge in [-0.05, 0) is 57.4 Å². The molecule has 2 aromatic rings. The van der Waals surface area contributed by atoms with Crippen molar-refractivity contribution in [1.82, 2.24) is 20.3 Å². The van der Waals surface area contributed by atoms with Crippen molar-refractivity contribution in [2.24, 2.45) is 11.7 Å². The number of ether oxygens (including phenoxy) is 1. The molecule has 0 aliphatic rings. The van der Waals surface area contributed by atoms with Gasteiger partial charge < -0.3 is 15.8 Å². The smallest absolute Gasteiger partial charge is 0.274 e. The first-order valence-corrected chi connectivity index (χ1v) is 9.02. The summed E-state index contributed by atoms with van der Waals surface area (Å²) in [6.07, 6.45) is 0.942. The van der Waals surface area contributed by atoms with Crippen molar-refractivity contribution in [3.8, 4) is 11.4 Å². The molecule has 0 spiro atoms. The molecule has 0 aliphatic carbocycles. The normalized spacial score (nSPS) is 12.5. The summed E-state index contributed by atoms with van der Waals surface area (Å²) in [5.41, 5.74) is 7.58. The molecule has 1 aromatic carbocycles. The lowest BCUT2D eigenvalue weighted by molar-refractivity contribution is 0.0928. The van der Waals surface area contributed by atoms with Gasteiger partial charge in [-0.2, -0.15) is 0 Å². The lowest BCUT2D eigenvalue weighted by atomic mass is 10.0. The lowest BCUT2D eigenvalue weighted by Gasteiger charge is -2.18. The van der Waals surface area contributed by atoms with Gasteiger partial charge in [-0.15, -0.1) is 5.10 Å². The van der Waals surface area contributed by atoms with Crippen LogP contribution in [0.15, 0.2) is 24.3 Å². The molecule has 1 heterocycles. The molecule has 7 heteroatoms. The number of carbonyl (C=O) groups is 1. The summed E-state index contributed by atoms with van der Waals surface area (Å²) < 4.78 is 7.29. The number of amides is 1. The molecule has 0 saturated heterocycles. The first-order chi connectivity index (χ1) is 12.3. The summed E-state index contributed by atoms with van der Waals surface area (Å²) >= 11 is 0. The summed E-state index contributed by atoms with van der Waals surface area (Å²) in [7, 11) is 0. The van der Waals surface area contributed by atoms with E-state index in [1.54, 1.807) is 4.68 Å². The Labute approximate surface area is 154 Å². The minimum Gasteiger partial charge on any atom is -0.491 e. The van der Waals surface area contributed by atoms with Gasteiger partial charge in [0.15, 0.2) is 5.69 Å². The van der Waals surface area contributed by atoms with E-state index in [4.69, 9.17) is 10.5 Å². The second-order valence-electron chi connectivity index (χ2n) is 7.13. The van der Waals surface area contributed by atoms with E-state index in [1.807, 2.05) is 45.0 Å². The fourth-order valence-corrected chi connectivity index (χ4v) is 2.76. The van der Waals surface area contributed by atoms with Crippen molar-refractivity contribution in [3.63, 3.8) is 0 Å². The van der Waals surface area contributed by atoms with Gasteiger partial charge in [-0.3, -0.25) is 4.79 Å². The highest BCUT2D eigenvalue weighted by atomic mass is 16.5. The van der Waals surface area contributed by atoms with Crippen LogP contribution in [0, 0.1) is 12.8 Å². The molecule has 1 amide bonds. The maximum absolute atomic E-state index is 12.5. The highest BCUT2D eigenvalue weighted by Crippen LogP contribution is 2.18. The SMILES string of the molecule is Cc1c(C(=O)NC(CN)CC(C)C)nnn1-c1ccc(OC(C)C)cc1. The van der Waals surface area contributed by atoms with Crippen LogP contribution in [0.5, 0.6) is 5.75 Å². The monoisotopic (exact) mass is 359 g/mol. The number of hydrogen-bond donors (Lipinski definition) is 2.